The normalized spacial score (nSPS) is 24.3. The molecule has 102 valence electrons. The first kappa shape index (κ1) is 13.5. The Kier molecular flexibility index (Phi) is 3.99. The topological polar surface area (TPSA) is 78.9 Å². The number of aliphatic hydroxyl groups is 1. The average molecular weight is 256 g/mol. The van der Waals surface area contributed by atoms with Gasteiger partial charge in [-0.25, -0.2) is 0 Å². The third-order valence-electron chi connectivity index (χ3n) is 3.48. The fourth-order valence-electron chi connectivity index (χ4n) is 2.20. The minimum atomic E-state index is -1.01. The fourth-order valence-corrected chi connectivity index (χ4v) is 2.20. The van der Waals surface area contributed by atoms with Crippen LogP contribution in [0.5, 0.6) is 0 Å². The molecule has 6 heteroatoms. The molecule has 18 heavy (non-hydrogen) atoms. The summed E-state index contributed by atoms with van der Waals surface area (Å²) < 4.78 is 5.20. The van der Waals surface area contributed by atoms with Crippen LogP contribution >= 0.6 is 0 Å². The summed E-state index contributed by atoms with van der Waals surface area (Å²) in [6, 6.07) is -0.758. The lowest BCUT2D eigenvalue weighted by molar-refractivity contribution is -0.131. The first-order valence-electron chi connectivity index (χ1n) is 6.33. The number of hydrogen-bond acceptors (Lipinski definition) is 5. The number of amides is 1. The van der Waals surface area contributed by atoms with Gasteiger partial charge in [-0.2, -0.15) is 0 Å². The predicted molar refractivity (Wildman–Crippen MR) is 64.1 cm³/mol. The summed E-state index contributed by atoms with van der Waals surface area (Å²) in [5, 5.41) is 12.6. The monoisotopic (exact) mass is 256 g/mol. The number of Topliss-reactive ketones (excluding diaryl/α,β-unsaturated/α-hetero) is 1. The maximum atomic E-state index is 11.8. The van der Waals surface area contributed by atoms with Crippen molar-refractivity contribution in [1.29, 1.82) is 0 Å². The van der Waals surface area contributed by atoms with Gasteiger partial charge in [0.25, 0.3) is 0 Å². The lowest BCUT2D eigenvalue weighted by atomic mass is 10.1. The van der Waals surface area contributed by atoms with E-state index in [0.717, 1.165) is 13.1 Å². The van der Waals surface area contributed by atoms with E-state index < -0.39 is 11.6 Å². The van der Waals surface area contributed by atoms with Crippen LogP contribution in [0, 0.1) is 0 Å². The molecular weight excluding hydrogens is 236 g/mol. The van der Waals surface area contributed by atoms with Gasteiger partial charge >= 0.3 is 0 Å². The van der Waals surface area contributed by atoms with Crippen molar-refractivity contribution in [3.63, 3.8) is 0 Å². The van der Waals surface area contributed by atoms with E-state index in [2.05, 4.69) is 5.32 Å². The van der Waals surface area contributed by atoms with Crippen LogP contribution in [0.2, 0.25) is 0 Å². The molecule has 1 saturated carbocycles. The molecule has 1 aliphatic heterocycles. The highest BCUT2D eigenvalue weighted by atomic mass is 16.5. The number of ketones is 1. The Morgan fingerprint density at radius 1 is 1.39 bits per heavy atom. The average Bonchev–Trinajstić information content (AvgIpc) is 3.06. The Hall–Kier alpha value is -0.980. The fraction of sp³-hybridized carbons (Fsp3) is 0.833. The third kappa shape index (κ3) is 3.28. The molecule has 2 N–H and O–H groups in total. The highest BCUT2D eigenvalue weighted by Crippen LogP contribution is 2.38. The van der Waals surface area contributed by atoms with Gasteiger partial charge in [-0.3, -0.25) is 14.5 Å². The van der Waals surface area contributed by atoms with Crippen molar-refractivity contribution < 1.29 is 19.4 Å². The zero-order chi connectivity index (χ0) is 13.2. The van der Waals surface area contributed by atoms with Crippen molar-refractivity contribution in [3.05, 3.63) is 0 Å². The van der Waals surface area contributed by atoms with Crippen LogP contribution < -0.4 is 5.32 Å². The van der Waals surface area contributed by atoms with Gasteiger partial charge in [0.1, 0.15) is 6.04 Å². The van der Waals surface area contributed by atoms with Crippen LogP contribution in [0.1, 0.15) is 19.8 Å². The van der Waals surface area contributed by atoms with E-state index in [1.165, 1.54) is 6.92 Å². The highest BCUT2D eigenvalue weighted by molar-refractivity contribution is 5.89. The molecule has 2 rings (SSSR count). The van der Waals surface area contributed by atoms with Crippen LogP contribution in [0.15, 0.2) is 0 Å². The maximum absolute atomic E-state index is 11.8. The smallest absolute Gasteiger partial charge is 0.234 e. The molecule has 1 amide bonds. The molecule has 1 saturated heterocycles. The van der Waals surface area contributed by atoms with Crippen molar-refractivity contribution in [1.82, 2.24) is 10.2 Å². The van der Waals surface area contributed by atoms with E-state index in [-0.39, 0.29) is 18.2 Å². The van der Waals surface area contributed by atoms with Gasteiger partial charge in [0.05, 0.1) is 25.4 Å². The molecule has 6 nitrogen and oxygen atoms in total. The molecule has 0 radical (unpaired) electrons. The molecule has 0 aromatic carbocycles. The first-order chi connectivity index (χ1) is 8.51. The van der Waals surface area contributed by atoms with Gasteiger partial charge in [-0.15, -0.1) is 0 Å². The quantitative estimate of drug-likeness (QED) is 0.654. The molecule has 0 spiro atoms. The Bertz CT molecular complexity index is 335. The summed E-state index contributed by atoms with van der Waals surface area (Å²) >= 11 is 0. The number of nitrogens with zero attached hydrogens (tertiary/aromatic N) is 1. The summed E-state index contributed by atoms with van der Waals surface area (Å²) in [5.41, 5.74) is -1.01. The number of rotatable bonds is 5. The van der Waals surface area contributed by atoms with E-state index in [9.17, 15) is 14.7 Å². The summed E-state index contributed by atoms with van der Waals surface area (Å²) in [6.07, 6.45) is 1.16. The lowest BCUT2D eigenvalue weighted by Gasteiger charge is -2.27. The number of carbonyl (C=O) groups is 2. The Balaban J connectivity index is 1.83. The van der Waals surface area contributed by atoms with Crippen molar-refractivity contribution in [2.24, 2.45) is 0 Å². The molecule has 0 bridgehead atoms. The first-order valence-corrected chi connectivity index (χ1v) is 6.33. The Morgan fingerprint density at radius 2 is 2.00 bits per heavy atom. The summed E-state index contributed by atoms with van der Waals surface area (Å²) in [6.45, 7) is 4.37. The van der Waals surface area contributed by atoms with Crippen LogP contribution in [0.25, 0.3) is 0 Å². The van der Waals surface area contributed by atoms with E-state index in [0.29, 0.717) is 26.1 Å². The van der Waals surface area contributed by atoms with Crippen LogP contribution in [0.3, 0.4) is 0 Å². The predicted octanol–water partition coefficient (Wildman–Crippen LogP) is -1.08. The maximum Gasteiger partial charge on any atom is 0.234 e. The van der Waals surface area contributed by atoms with E-state index in [1.807, 2.05) is 4.90 Å². The van der Waals surface area contributed by atoms with E-state index in [4.69, 9.17) is 4.74 Å². The SMILES string of the molecule is CC(=O)C(NC(=O)CN1CCOCC1)C1(O)CC1. The highest BCUT2D eigenvalue weighted by Gasteiger charge is 2.50. The minimum Gasteiger partial charge on any atom is -0.387 e. The molecule has 0 aromatic rings. The van der Waals surface area contributed by atoms with Gasteiger partial charge in [-0.05, 0) is 19.8 Å². The van der Waals surface area contributed by atoms with Crippen molar-refractivity contribution in [2.75, 3.05) is 32.8 Å². The lowest BCUT2D eigenvalue weighted by Crippen LogP contribution is -2.52. The van der Waals surface area contributed by atoms with Gasteiger partial charge in [0.2, 0.25) is 5.91 Å². The molecular formula is C12H20N2O4. The number of ether oxygens (including phenoxy) is 1. The molecule has 2 fully saturated rings. The van der Waals surface area contributed by atoms with Gasteiger partial charge < -0.3 is 15.2 Å². The second-order valence-electron chi connectivity index (χ2n) is 5.10. The zero-order valence-corrected chi connectivity index (χ0v) is 10.6. The molecule has 1 aliphatic carbocycles. The van der Waals surface area contributed by atoms with Crippen molar-refractivity contribution >= 4 is 11.7 Å². The largest absolute Gasteiger partial charge is 0.387 e. The molecule has 2 aliphatic rings. The molecule has 0 aromatic heterocycles. The second-order valence-corrected chi connectivity index (χ2v) is 5.10. The zero-order valence-electron chi connectivity index (χ0n) is 10.6. The van der Waals surface area contributed by atoms with Gasteiger partial charge in [-0.1, -0.05) is 0 Å². The Morgan fingerprint density at radius 3 is 2.50 bits per heavy atom. The second kappa shape index (κ2) is 5.34. The van der Waals surface area contributed by atoms with Crippen molar-refractivity contribution in [3.8, 4) is 0 Å². The van der Waals surface area contributed by atoms with E-state index >= 15 is 0 Å². The van der Waals surface area contributed by atoms with E-state index in [1.54, 1.807) is 0 Å². The Labute approximate surface area is 106 Å². The van der Waals surface area contributed by atoms with Crippen molar-refractivity contribution in [2.45, 2.75) is 31.4 Å². The third-order valence-corrected chi connectivity index (χ3v) is 3.48. The molecule has 1 atom stereocenters. The summed E-state index contributed by atoms with van der Waals surface area (Å²) in [7, 11) is 0. The van der Waals surface area contributed by atoms with Crippen LogP contribution in [-0.2, 0) is 14.3 Å². The number of morpholine rings is 1. The van der Waals surface area contributed by atoms with Gasteiger partial charge in [0, 0.05) is 13.1 Å². The molecule has 1 unspecified atom stereocenters. The standard InChI is InChI=1S/C12H20N2O4/c1-9(15)11(12(17)2-3-12)13-10(16)8-14-4-6-18-7-5-14/h11,17H,2-8H2,1H3,(H,13,16). The molecule has 1 heterocycles. The number of hydrogen-bond donors (Lipinski definition) is 2. The number of carbonyl (C=O) groups excluding carboxylic acids is 2. The number of nitrogens with one attached hydrogen (secondary N) is 1. The summed E-state index contributed by atoms with van der Waals surface area (Å²) in [5.74, 6) is -0.400. The summed E-state index contributed by atoms with van der Waals surface area (Å²) in [4.78, 5) is 25.3. The minimum absolute atomic E-state index is 0.190. The van der Waals surface area contributed by atoms with Crippen LogP contribution in [-0.4, -0.2) is 66.2 Å². The van der Waals surface area contributed by atoms with Crippen LogP contribution in [0.4, 0.5) is 0 Å². The van der Waals surface area contributed by atoms with Gasteiger partial charge in [0.15, 0.2) is 5.78 Å².